The molecule has 2 aromatic carbocycles. The molecule has 3 nitrogen and oxygen atoms in total. The summed E-state index contributed by atoms with van der Waals surface area (Å²) in [6.07, 6.45) is 4.37. The van der Waals surface area contributed by atoms with E-state index < -0.39 is 0 Å². The third-order valence-electron chi connectivity index (χ3n) is 3.76. The summed E-state index contributed by atoms with van der Waals surface area (Å²) in [5.74, 6) is 0. The van der Waals surface area contributed by atoms with E-state index in [1.54, 1.807) is 11.1 Å². The molecule has 0 radical (unpaired) electrons. The van der Waals surface area contributed by atoms with Crippen LogP contribution in [0.15, 0.2) is 54.7 Å². The highest BCUT2D eigenvalue weighted by Crippen LogP contribution is 2.31. The number of fused-ring (bicyclic) bond motifs is 1. The van der Waals surface area contributed by atoms with Crippen molar-refractivity contribution >= 4 is 29.4 Å². The summed E-state index contributed by atoms with van der Waals surface area (Å²) in [5.41, 5.74) is 3.15. The molecule has 1 atom stereocenters. The van der Waals surface area contributed by atoms with Crippen molar-refractivity contribution in [3.05, 3.63) is 70.9 Å². The Hall–Kier alpha value is -2.26. The Balaban J connectivity index is 1.70. The van der Waals surface area contributed by atoms with E-state index in [1.165, 1.54) is 5.56 Å². The van der Waals surface area contributed by atoms with Gasteiger partial charge in [0.15, 0.2) is 0 Å². The molecule has 0 saturated carbocycles. The number of benzene rings is 2. The Bertz CT molecular complexity index is 727. The van der Waals surface area contributed by atoms with Gasteiger partial charge in [-0.15, -0.1) is 0 Å². The molecule has 1 aliphatic heterocycles. The van der Waals surface area contributed by atoms with Crippen LogP contribution in [0.3, 0.4) is 0 Å². The van der Waals surface area contributed by atoms with E-state index in [-0.39, 0.29) is 12.1 Å². The van der Waals surface area contributed by atoms with Gasteiger partial charge >= 0.3 is 6.03 Å². The first-order chi connectivity index (χ1) is 10.6. The van der Waals surface area contributed by atoms with Gasteiger partial charge in [-0.1, -0.05) is 41.9 Å². The monoisotopic (exact) mass is 312 g/mol. The topological polar surface area (TPSA) is 32.3 Å². The number of amides is 2. The average molecular weight is 313 g/mol. The summed E-state index contributed by atoms with van der Waals surface area (Å²) in [6.45, 7) is 2.06. The van der Waals surface area contributed by atoms with Crippen molar-refractivity contribution in [2.24, 2.45) is 0 Å². The van der Waals surface area contributed by atoms with E-state index in [0.717, 1.165) is 17.7 Å². The van der Waals surface area contributed by atoms with E-state index in [0.29, 0.717) is 5.02 Å². The lowest BCUT2D eigenvalue weighted by Gasteiger charge is -2.22. The second kappa shape index (κ2) is 6.24. The maximum absolute atomic E-state index is 12.4. The van der Waals surface area contributed by atoms with Crippen LogP contribution in [0.25, 0.3) is 6.08 Å². The second-order valence-electron chi connectivity index (χ2n) is 5.39. The first-order valence-electron chi connectivity index (χ1n) is 7.25. The number of anilines is 1. The first-order valence-corrected chi connectivity index (χ1v) is 7.63. The van der Waals surface area contributed by atoms with Gasteiger partial charge in [0, 0.05) is 23.0 Å². The largest absolute Gasteiger partial charge is 0.326 e. The van der Waals surface area contributed by atoms with Crippen LogP contribution in [0.2, 0.25) is 5.02 Å². The highest BCUT2D eigenvalue weighted by atomic mass is 35.5. The molecule has 1 unspecified atom stereocenters. The van der Waals surface area contributed by atoms with Gasteiger partial charge in [0.1, 0.15) is 0 Å². The number of carbonyl (C=O) groups excluding carboxylic acids is 1. The van der Waals surface area contributed by atoms with Gasteiger partial charge in [-0.25, -0.2) is 4.79 Å². The lowest BCUT2D eigenvalue weighted by atomic mass is 10.1. The van der Waals surface area contributed by atoms with E-state index >= 15 is 0 Å². The van der Waals surface area contributed by atoms with E-state index in [1.807, 2.05) is 48.5 Å². The fraction of sp³-hybridized carbons (Fsp3) is 0.167. The molecule has 4 heteroatoms. The Kier molecular flexibility index (Phi) is 4.16. The molecule has 1 aliphatic rings. The summed E-state index contributed by atoms with van der Waals surface area (Å²) in [6, 6.07) is 15.5. The van der Waals surface area contributed by atoms with E-state index in [4.69, 9.17) is 11.6 Å². The minimum absolute atomic E-state index is 0.115. The molecule has 0 bridgehead atoms. The molecule has 2 aromatic rings. The van der Waals surface area contributed by atoms with Crippen LogP contribution in [-0.2, 0) is 6.42 Å². The van der Waals surface area contributed by atoms with Crippen LogP contribution in [0.4, 0.5) is 10.5 Å². The number of nitrogens with one attached hydrogen (secondary N) is 1. The minimum atomic E-state index is -0.115. The molecule has 1 N–H and O–H groups in total. The summed E-state index contributed by atoms with van der Waals surface area (Å²) in [5, 5.41) is 3.50. The Labute approximate surface area is 135 Å². The fourth-order valence-electron chi connectivity index (χ4n) is 2.76. The van der Waals surface area contributed by atoms with Crippen LogP contribution >= 0.6 is 11.6 Å². The summed E-state index contributed by atoms with van der Waals surface area (Å²) in [4.78, 5) is 14.2. The molecule has 3 rings (SSSR count). The molecule has 2 amide bonds. The van der Waals surface area contributed by atoms with Gasteiger partial charge in [-0.05, 0) is 48.7 Å². The number of halogens is 1. The van der Waals surface area contributed by atoms with E-state index in [2.05, 4.69) is 18.3 Å². The molecule has 0 saturated heterocycles. The Morgan fingerprint density at radius 1 is 1.27 bits per heavy atom. The molecule has 112 valence electrons. The molecule has 22 heavy (non-hydrogen) atoms. The summed E-state index contributed by atoms with van der Waals surface area (Å²) in [7, 11) is 0. The SMILES string of the molecule is CC1Cc2ccccc2N1C(=O)N/C=C/c1cccc(Cl)c1. The number of hydrogen-bond acceptors (Lipinski definition) is 1. The second-order valence-corrected chi connectivity index (χ2v) is 5.83. The third-order valence-corrected chi connectivity index (χ3v) is 3.99. The van der Waals surface area contributed by atoms with Gasteiger partial charge < -0.3 is 5.32 Å². The Morgan fingerprint density at radius 3 is 2.91 bits per heavy atom. The van der Waals surface area contributed by atoms with Gasteiger partial charge in [0.05, 0.1) is 0 Å². The molecule has 0 aromatic heterocycles. The predicted molar refractivity (Wildman–Crippen MR) is 91.1 cm³/mol. The molecule has 1 heterocycles. The number of rotatable bonds is 2. The molecule has 0 fully saturated rings. The number of hydrogen-bond donors (Lipinski definition) is 1. The zero-order chi connectivity index (χ0) is 15.5. The van der Waals surface area contributed by atoms with Crippen LogP contribution in [-0.4, -0.2) is 12.1 Å². The van der Waals surface area contributed by atoms with Crippen LogP contribution in [0, 0.1) is 0 Å². The molecular formula is C18H17ClN2O. The van der Waals surface area contributed by atoms with Gasteiger partial charge in [0.2, 0.25) is 0 Å². The highest BCUT2D eigenvalue weighted by molar-refractivity contribution is 6.30. The lowest BCUT2D eigenvalue weighted by molar-refractivity contribution is 0.248. The quantitative estimate of drug-likeness (QED) is 0.871. The number of urea groups is 1. The lowest BCUT2D eigenvalue weighted by Crippen LogP contribution is -2.41. The van der Waals surface area contributed by atoms with Crippen molar-refractivity contribution < 1.29 is 4.79 Å². The average Bonchev–Trinajstić information content (AvgIpc) is 2.83. The smallest absolute Gasteiger partial charge is 0.314 e. The van der Waals surface area contributed by atoms with Crippen molar-refractivity contribution in [3.63, 3.8) is 0 Å². The van der Waals surface area contributed by atoms with Crippen molar-refractivity contribution in [3.8, 4) is 0 Å². The van der Waals surface area contributed by atoms with Crippen LogP contribution in [0.1, 0.15) is 18.1 Å². The maximum atomic E-state index is 12.4. The number of para-hydroxylation sites is 1. The van der Waals surface area contributed by atoms with Crippen molar-refractivity contribution in [1.29, 1.82) is 0 Å². The van der Waals surface area contributed by atoms with Gasteiger partial charge in [-0.3, -0.25) is 4.90 Å². The number of nitrogens with zero attached hydrogens (tertiary/aromatic N) is 1. The number of carbonyl (C=O) groups is 1. The first kappa shape index (κ1) is 14.7. The van der Waals surface area contributed by atoms with Crippen molar-refractivity contribution in [2.45, 2.75) is 19.4 Å². The Morgan fingerprint density at radius 2 is 2.09 bits per heavy atom. The van der Waals surface area contributed by atoms with Gasteiger partial charge in [0.25, 0.3) is 0 Å². The fourth-order valence-corrected chi connectivity index (χ4v) is 2.96. The van der Waals surface area contributed by atoms with Crippen molar-refractivity contribution in [2.75, 3.05) is 4.90 Å². The molecule has 0 aliphatic carbocycles. The predicted octanol–water partition coefficient (Wildman–Crippen LogP) is 4.47. The van der Waals surface area contributed by atoms with Gasteiger partial charge in [-0.2, -0.15) is 0 Å². The zero-order valence-corrected chi connectivity index (χ0v) is 13.0. The van der Waals surface area contributed by atoms with Crippen LogP contribution in [0.5, 0.6) is 0 Å². The molecular weight excluding hydrogens is 296 g/mol. The third kappa shape index (κ3) is 3.00. The highest BCUT2D eigenvalue weighted by Gasteiger charge is 2.29. The van der Waals surface area contributed by atoms with Crippen molar-refractivity contribution in [1.82, 2.24) is 5.32 Å². The summed E-state index contributed by atoms with van der Waals surface area (Å²) < 4.78 is 0. The maximum Gasteiger partial charge on any atom is 0.326 e. The molecule has 0 spiro atoms. The van der Waals surface area contributed by atoms with Crippen LogP contribution < -0.4 is 10.2 Å². The normalized spacial score (nSPS) is 16.8. The minimum Gasteiger partial charge on any atom is -0.314 e. The van der Waals surface area contributed by atoms with E-state index in [9.17, 15) is 4.79 Å². The summed E-state index contributed by atoms with van der Waals surface area (Å²) >= 11 is 5.94. The standard InChI is InChI=1S/C18H17ClN2O/c1-13-11-15-6-2-3-8-17(15)21(13)18(22)20-10-9-14-5-4-7-16(19)12-14/h2-10,12-13H,11H2,1H3,(H,20,22)/b10-9+. The zero-order valence-electron chi connectivity index (χ0n) is 12.3.